The number of rotatable bonds is 2. The first-order chi connectivity index (χ1) is 8.33. The summed E-state index contributed by atoms with van der Waals surface area (Å²) in [5, 5.41) is 3.81. The Bertz CT molecular complexity index is 524. The SMILES string of the molecule is Clc1cnc(N[C@H]2CCc3ccccc32)cn1. The molecule has 0 saturated heterocycles. The third kappa shape index (κ3) is 2.11. The minimum Gasteiger partial charge on any atom is -0.362 e. The van der Waals surface area contributed by atoms with Crippen LogP contribution in [0.15, 0.2) is 36.7 Å². The van der Waals surface area contributed by atoms with Crippen molar-refractivity contribution in [1.82, 2.24) is 9.97 Å². The maximum absolute atomic E-state index is 5.71. The number of aryl methyl sites for hydroxylation is 1. The van der Waals surface area contributed by atoms with E-state index in [1.807, 2.05) is 0 Å². The molecule has 0 amide bonds. The summed E-state index contributed by atoms with van der Waals surface area (Å²) in [4.78, 5) is 8.23. The number of hydrogen-bond acceptors (Lipinski definition) is 3. The number of benzene rings is 1. The first kappa shape index (κ1) is 10.5. The van der Waals surface area contributed by atoms with Gasteiger partial charge in [0.1, 0.15) is 11.0 Å². The molecular weight excluding hydrogens is 234 g/mol. The fourth-order valence-corrected chi connectivity index (χ4v) is 2.37. The largest absolute Gasteiger partial charge is 0.362 e. The van der Waals surface area contributed by atoms with Crippen molar-refractivity contribution >= 4 is 17.4 Å². The average Bonchev–Trinajstić information content (AvgIpc) is 2.76. The van der Waals surface area contributed by atoms with Crippen molar-refractivity contribution in [2.45, 2.75) is 18.9 Å². The van der Waals surface area contributed by atoms with Crippen molar-refractivity contribution in [3.05, 3.63) is 52.9 Å². The second-order valence-corrected chi connectivity index (χ2v) is 4.55. The molecule has 1 aliphatic rings. The number of aromatic nitrogens is 2. The van der Waals surface area contributed by atoms with E-state index in [-0.39, 0.29) is 0 Å². The molecule has 0 unspecified atom stereocenters. The molecule has 3 rings (SSSR count). The molecule has 1 aliphatic carbocycles. The van der Waals surface area contributed by atoms with E-state index in [1.54, 1.807) is 12.4 Å². The van der Waals surface area contributed by atoms with Crippen molar-refractivity contribution in [2.24, 2.45) is 0 Å². The number of nitrogens with one attached hydrogen (secondary N) is 1. The van der Waals surface area contributed by atoms with Crippen molar-refractivity contribution in [1.29, 1.82) is 0 Å². The smallest absolute Gasteiger partial charge is 0.147 e. The maximum atomic E-state index is 5.71. The fraction of sp³-hybridized carbons (Fsp3) is 0.231. The van der Waals surface area contributed by atoms with Crippen LogP contribution in [0.4, 0.5) is 5.82 Å². The second-order valence-electron chi connectivity index (χ2n) is 4.16. The van der Waals surface area contributed by atoms with E-state index in [1.165, 1.54) is 11.1 Å². The van der Waals surface area contributed by atoms with Gasteiger partial charge in [-0.15, -0.1) is 0 Å². The molecule has 0 bridgehead atoms. The Hall–Kier alpha value is -1.61. The highest BCUT2D eigenvalue weighted by Crippen LogP contribution is 2.32. The van der Waals surface area contributed by atoms with Gasteiger partial charge in [-0.3, -0.25) is 0 Å². The lowest BCUT2D eigenvalue weighted by molar-refractivity contribution is 0.756. The Morgan fingerprint density at radius 2 is 2.06 bits per heavy atom. The Morgan fingerprint density at radius 3 is 2.88 bits per heavy atom. The Kier molecular flexibility index (Phi) is 2.69. The van der Waals surface area contributed by atoms with Gasteiger partial charge in [0.25, 0.3) is 0 Å². The highest BCUT2D eigenvalue weighted by Gasteiger charge is 2.21. The van der Waals surface area contributed by atoms with Crippen LogP contribution in [-0.2, 0) is 6.42 Å². The van der Waals surface area contributed by atoms with Crippen LogP contribution in [0.1, 0.15) is 23.6 Å². The van der Waals surface area contributed by atoms with Gasteiger partial charge in [-0.2, -0.15) is 0 Å². The van der Waals surface area contributed by atoms with Crippen LogP contribution in [0.2, 0.25) is 5.15 Å². The van der Waals surface area contributed by atoms with Crippen LogP contribution in [0, 0.1) is 0 Å². The van der Waals surface area contributed by atoms with Crippen LogP contribution in [0.25, 0.3) is 0 Å². The van der Waals surface area contributed by atoms with Crippen molar-refractivity contribution in [3.63, 3.8) is 0 Å². The van der Waals surface area contributed by atoms with Gasteiger partial charge in [0, 0.05) is 0 Å². The Balaban J connectivity index is 1.81. The third-order valence-corrected chi connectivity index (χ3v) is 3.27. The zero-order chi connectivity index (χ0) is 11.7. The monoisotopic (exact) mass is 245 g/mol. The molecule has 17 heavy (non-hydrogen) atoms. The van der Waals surface area contributed by atoms with Crippen molar-refractivity contribution in [2.75, 3.05) is 5.32 Å². The van der Waals surface area contributed by atoms with Gasteiger partial charge >= 0.3 is 0 Å². The standard InChI is InChI=1S/C13H12ClN3/c14-12-7-16-13(8-15-12)17-11-6-5-9-3-1-2-4-10(9)11/h1-4,7-8,11H,5-6H2,(H,16,17)/t11-/m0/s1. The van der Waals surface area contributed by atoms with E-state index in [0.29, 0.717) is 11.2 Å². The minimum absolute atomic E-state index is 0.335. The average molecular weight is 246 g/mol. The normalized spacial score (nSPS) is 17.8. The highest BCUT2D eigenvalue weighted by molar-refractivity contribution is 6.29. The Morgan fingerprint density at radius 1 is 1.18 bits per heavy atom. The van der Waals surface area contributed by atoms with E-state index < -0.39 is 0 Å². The van der Waals surface area contributed by atoms with Crippen molar-refractivity contribution in [3.8, 4) is 0 Å². The number of fused-ring (bicyclic) bond motifs is 1. The van der Waals surface area contributed by atoms with E-state index in [4.69, 9.17) is 11.6 Å². The predicted octanol–water partition coefficient (Wildman–Crippen LogP) is 3.23. The summed E-state index contributed by atoms with van der Waals surface area (Å²) in [7, 11) is 0. The summed E-state index contributed by atoms with van der Waals surface area (Å²) in [5.41, 5.74) is 2.79. The molecule has 0 aliphatic heterocycles. The molecule has 1 aromatic carbocycles. The Labute approximate surface area is 105 Å². The molecule has 2 aromatic rings. The summed E-state index contributed by atoms with van der Waals surface area (Å²) in [5.74, 6) is 0.774. The summed E-state index contributed by atoms with van der Waals surface area (Å²) in [6, 6.07) is 8.85. The molecule has 0 spiro atoms. The van der Waals surface area contributed by atoms with E-state index >= 15 is 0 Å². The van der Waals surface area contributed by atoms with Crippen LogP contribution >= 0.6 is 11.6 Å². The summed E-state index contributed by atoms with van der Waals surface area (Å²) in [6.45, 7) is 0. The van der Waals surface area contributed by atoms with Gasteiger partial charge in [0.15, 0.2) is 0 Å². The second kappa shape index (κ2) is 4.34. The summed E-state index contributed by atoms with van der Waals surface area (Å²) in [6.07, 6.45) is 5.45. The topological polar surface area (TPSA) is 37.8 Å². The summed E-state index contributed by atoms with van der Waals surface area (Å²) >= 11 is 5.71. The molecule has 1 aromatic heterocycles. The lowest BCUT2D eigenvalue weighted by Gasteiger charge is -2.14. The molecule has 4 heteroatoms. The van der Waals surface area contributed by atoms with Crippen molar-refractivity contribution < 1.29 is 0 Å². The number of halogens is 1. The van der Waals surface area contributed by atoms with E-state index in [9.17, 15) is 0 Å². The molecule has 1 heterocycles. The molecule has 3 nitrogen and oxygen atoms in total. The van der Waals surface area contributed by atoms with Crippen LogP contribution in [0.5, 0.6) is 0 Å². The highest BCUT2D eigenvalue weighted by atomic mass is 35.5. The molecule has 0 radical (unpaired) electrons. The lowest BCUT2D eigenvalue weighted by Crippen LogP contribution is -2.08. The molecule has 0 fully saturated rings. The van der Waals surface area contributed by atoms with Crippen LogP contribution in [0.3, 0.4) is 0 Å². The van der Waals surface area contributed by atoms with Gasteiger partial charge in [-0.1, -0.05) is 35.9 Å². The van der Waals surface area contributed by atoms with Crippen LogP contribution < -0.4 is 5.32 Å². The fourth-order valence-electron chi connectivity index (χ4n) is 2.27. The van der Waals surface area contributed by atoms with Gasteiger partial charge in [0.2, 0.25) is 0 Å². The molecule has 0 saturated carbocycles. The molecule has 1 atom stereocenters. The predicted molar refractivity (Wildman–Crippen MR) is 68.2 cm³/mol. The summed E-state index contributed by atoms with van der Waals surface area (Å²) < 4.78 is 0. The van der Waals surface area contributed by atoms with Gasteiger partial charge in [0.05, 0.1) is 18.4 Å². The van der Waals surface area contributed by atoms with E-state index in [0.717, 1.165) is 18.7 Å². The lowest BCUT2D eigenvalue weighted by atomic mass is 10.1. The molecular formula is C13H12ClN3. The van der Waals surface area contributed by atoms with Crippen LogP contribution in [-0.4, -0.2) is 9.97 Å². The maximum Gasteiger partial charge on any atom is 0.147 e. The molecule has 86 valence electrons. The number of nitrogens with zero attached hydrogens (tertiary/aromatic N) is 2. The third-order valence-electron chi connectivity index (χ3n) is 3.08. The van der Waals surface area contributed by atoms with Gasteiger partial charge < -0.3 is 5.32 Å². The zero-order valence-corrected chi connectivity index (χ0v) is 9.98. The number of anilines is 1. The van der Waals surface area contributed by atoms with E-state index in [2.05, 4.69) is 39.6 Å². The minimum atomic E-state index is 0.335. The molecule has 1 N–H and O–H groups in total. The van der Waals surface area contributed by atoms with Gasteiger partial charge in [-0.05, 0) is 24.0 Å². The van der Waals surface area contributed by atoms with Gasteiger partial charge in [-0.25, -0.2) is 9.97 Å². The first-order valence-corrected chi connectivity index (χ1v) is 6.02. The quantitative estimate of drug-likeness (QED) is 0.883. The zero-order valence-electron chi connectivity index (χ0n) is 9.23. The number of hydrogen-bond donors (Lipinski definition) is 1. The first-order valence-electron chi connectivity index (χ1n) is 5.65.